The third-order valence-corrected chi connectivity index (χ3v) is 5.94. The zero-order chi connectivity index (χ0) is 25.8. The highest BCUT2D eigenvalue weighted by Crippen LogP contribution is 2.14. The molecular weight excluding hydrogens is 452 g/mol. The van der Waals surface area contributed by atoms with Gasteiger partial charge in [0.15, 0.2) is 0 Å². The van der Waals surface area contributed by atoms with E-state index in [0.717, 1.165) is 50.0 Å². The molecule has 0 saturated heterocycles. The van der Waals surface area contributed by atoms with E-state index in [-0.39, 0.29) is 11.8 Å². The van der Waals surface area contributed by atoms with Crippen molar-refractivity contribution >= 4 is 11.8 Å². The van der Waals surface area contributed by atoms with Crippen LogP contribution in [-0.2, 0) is 0 Å². The lowest BCUT2D eigenvalue weighted by molar-refractivity contribution is 0.0943. The maximum atomic E-state index is 12.3. The fourth-order valence-electron chi connectivity index (χ4n) is 3.70. The molecule has 2 rings (SSSR count). The van der Waals surface area contributed by atoms with Crippen LogP contribution in [0.3, 0.4) is 0 Å². The number of nitrogens with one attached hydrogen (secondary N) is 2. The van der Waals surface area contributed by atoms with Crippen LogP contribution in [0.5, 0.6) is 11.5 Å². The molecule has 0 aromatic heterocycles. The number of hydrogen-bond donors (Lipinski definition) is 2. The van der Waals surface area contributed by atoms with Crippen LogP contribution >= 0.6 is 0 Å². The maximum Gasteiger partial charge on any atom is 0.251 e. The maximum absolute atomic E-state index is 12.3. The van der Waals surface area contributed by atoms with Gasteiger partial charge in [0.05, 0.1) is 13.2 Å². The molecule has 198 valence electrons. The normalized spacial score (nSPS) is 10.6. The van der Waals surface area contributed by atoms with Crippen LogP contribution in [-0.4, -0.2) is 38.1 Å². The average molecular weight is 497 g/mol. The molecule has 0 bridgehead atoms. The first kappa shape index (κ1) is 29.2. The second kappa shape index (κ2) is 18.3. The lowest BCUT2D eigenvalue weighted by atomic mass is 10.1. The van der Waals surface area contributed by atoms with Crippen molar-refractivity contribution in [2.75, 3.05) is 26.3 Å². The van der Waals surface area contributed by atoms with E-state index in [9.17, 15) is 9.59 Å². The highest BCUT2D eigenvalue weighted by molar-refractivity contribution is 5.94. The van der Waals surface area contributed by atoms with Gasteiger partial charge in [0.25, 0.3) is 11.8 Å². The summed E-state index contributed by atoms with van der Waals surface area (Å²) < 4.78 is 11.4. The second-order valence-corrected chi connectivity index (χ2v) is 9.09. The minimum atomic E-state index is -0.0582. The first-order valence-corrected chi connectivity index (χ1v) is 13.7. The van der Waals surface area contributed by atoms with Crippen molar-refractivity contribution in [2.24, 2.45) is 0 Å². The van der Waals surface area contributed by atoms with E-state index in [4.69, 9.17) is 9.47 Å². The number of ether oxygens (including phenoxy) is 2. The van der Waals surface area contributed by atoms with Gasteiger partial charge in [-0.05, 0) is 74.2 Å². The number of hydrogen-bond acceptors (Lipinski definition) is 4. The lowest BCUT2D eigenvalue weighted by Crippen LogP contribution is -2.25. The standard InChI is InChI=1S/C30H44N2O4/c1-3-5-11-23-35-27-17-13-25(14-18-27)29(33)31-21-9-7-8-10-22-32-30(34)26-15-19-28(20-16-26)36-24-12-6-4-2/h13-20H,3-12,21-24H2,1-2H3,(H,31,33)(H,32,34). The van der Waals surface area contributed by atoms with Crippen molar-refractivity contribution in [3.63, 3.8) is 0 Å². The molecule has 0 spiro atoms. The van der Waals surface area contributed by atoms with Crippen LogP contribution < -0.4 is 20.1 Å². The van der Waals surface area contributed by atoms with Crippen LogP contribution in [0.4, 0.5) is 0 Å². The number of rotatable bonds is 19. The summed E-state index contributed by atoms with van der Waals surface area (Å²) in [5.74, 6) is 1.49. The summed E-state index contributed by atoms with van der Waals surface area (Å²) in [6, 6.07) is 14.6. The smallest absolute Gasteiger partial charge is 0.251 e. The third-order valence-electron chi connectivity index (χ3n) is 5.94. The number of benzene rings is 2. The molecule has 2 aromatic rings. The number of carbonyl (C=O) groups is 2. The van der Waals surface area contributed by atoms with E-state index in [2.05, 4.69) is 24.5 Å². The van der Waals surface area contributed by atoms with E-state index in [0.29, 0.717) is 37.4 Å². The Labute approximate surface area is 217 Å². The molecule has 0 aliphatic rings. The van der Waals surface area contributed by atoms with Crippen LogP contribution in [0.25, 0.3) is 0 Å². The fraction of sp³-hybridized carbons (Fsp3) is 0.533. The summed E-state index contributed by atoms with van der Waals surface area (Å²) in [5, 5.41) is 5.95. The van der Waals surface area contributed by atoms with Gasteiger partial charge < -0.3 is 20.1 Å². The monoisotopic (exact) mass is 496 g/mol. The molecule has 2 amide bonds. The Kier molecular flexibility index (Phi) is 14.8. The van der Waals surface area contributed by atoms with Gasteiger partial charge >= 0.3 is 0 Å². The largest absolute Gasteiger partial charge is 0.494 e. The van der Waals surface area contributed by atoms with E-state index in [1.54, 1.807) is 24.3 Å². The summed E-state index contributed by atoms with van der Waals surface area (Å²) in [4.78, 5) is 24.6. The minimum absolute atomic E-state index is 0.0582. The SMILES string of the molecule is CCCCCOc1ccc(C(=O)NCCCCCCNC(=O)c2ccc(OCCCCC)cc2)cc1. The van der Waals surface area contributed by atoms with Crippen LogP contribution in [0, 0.1) is 0 Å². The molecule has 0 fully saturated rings. The topological polar surface area (TPSA) is 76.7 Å². The zero-order valence-corrected chi connectivity index (χ0v) is 22.2. The summed E-state index contributed by atoms with van der Waals surface area (Å²) in [6.45, 7) is 7.05. The lowest BCUT2D eigenvalue weighted by Gasteiger charge is -2.09. The van der Waals surface area contributed by atoms with E-state index >= 15 is 0 Å². The summed E-state index contributed by atoms with van der Waals surface area (Å²) in [5.41, 5.74) is 1.30. The molecule has 0 unspecified atom stereocenters. The van der Waals surface area contributed by atoms with Crippen molar-refractivity contribution in [1.29, 1.82) is 0 Å². The summed E-state index contributed by atoms with van der Waals surface area (Å²) in [6.07, 6.45) is 10.6. The van der Waals surface area contributed by atoms with E-state index < -0.39 is 0 Å². The van der Waals surface area contributed by atoms with Gasteiger partial charge in [-0.25, -0.2) is 0 Å². The van der Waals surface area contributed by atoms with Gasteiger partial charge in [-0.2, -0.15) is 0 Å². The molecule has 0 atom stereocenters. The highest BCUT2D eigenvalue weighted by atomic mass is 16.5. The van der Waals surface area contributed by atoms with Gasteiger partial charge in [-0.15, -0.1) is 0 Å². The van der Waals surface area contributed by atoms with Gasteiger partial charge in [0.2, 0.25) is 0 Å². The molecular formula is C30H44N2O4. The van der Waals surface area contributed by atoms with Crippen molar-refractivity contribution in [2.45, 2.75) is 78.1 Å². The highest BCUT2D eigenvalue weighted by Gasteiger charge is 2.06. The zero-order valence-electron chi connectivity index (χ0n) is 22.2. The Hall–Kier alpha value is -3.02. The quantitative estimate of drug-likeness (QED) is 0.216. The van der Waals surface area contributed by atoms with Gasteiger partial charge in [0, 0.05) is 24.2 Å². The van der Waals surface area contributed by atoms with Crippen LogP contribution in [0.2, 0.25) is 0 Å². The van der Waals surface area contributed by atoms with Gasteiger partial charge in [-0.1, -0.05) is 52.4 Å². The molecule has 36 heavy (non-hydrogen) atoms. The van der Waals surface area contributed by atoms with Crippen molar-refractivity contribution in [3.05, 3.63) is 59.7 Å². The molecule has 0 saturated carbocycles. The minimum Gasteiger partial charge on any atom is -0.494 e. The molecule has 0 aliphatic carbocycles. The molecule has 6 nitrogen and oxygen atoms in total. The molecule has 6 heteroatoms. The molecule has 0 radical (unpaired) electrons. The number of carbonyl (C=O) groups excluding carboxylic acids is 2. The van der Waals surface area contributed by atoms with Crippen molar-refractivity contribution < 1.29 is 19.1 Å². The third kappa shape index (κ3) is 12.1. The first-order chi connectivity index (χ1) is 17.6. The first-order valence-electron chi connectivity index (χ1n) is 13.7. The Bertz CT molecular complexity index is 792. The second-order valence-electron chi connectivity index (χ2n) is 9.09. The van der Waals surface area contributed by atoms with Gasteiger partial charge in [0.1, 0.15) is 11.5 Å². The molecule has 2 N–H and O–H groups in total. The number of amides is 2. The van der Waals surface area contributed by atoms with E-state index in [1.165, 1.54) is 25.7 Å². The predicted molar refractivity (Wildman–Crippen MR) is 146 cm³/mol. The van der Waals surface area contributed by atoms with Crippen LogP contribution in [0.1, 0.15) is 98.8 Å². The predicted octanol–water partition coefficient (Wildman–Crippen LogP) is 6.54. The van der Waals surface area contributed by atoms with Gasteiger partial charge in [-0.3, -0.25) is 9.59 Å². The Morgan fingerprint density at radius 1 is 0.556 bits per heavy atom. The molecule has 2 aromatic carbocycles. The molecule has 0 aliphatic heterocycles. The van der Waals surface area contributed by atoms with E-state index in [1.807, 2.05) is 24.3 Å². The number of unbranched alkanes of at least 4 members (excludes halogenated alkanes) is 7. The fourth-order valence-corrected chi connectivity index (χ4v) is 3.70. The summed E-state index contributed by atoms with van der Waals surface area (Å²) in [7, 11) is 0. The van der Waals surface area contributed by atoms with Crippen LogP contribution in [0.15, 0.2) is 48.5 Å². The Balaban J connectivity index is 1.51. The van der Waals surface area contributed by atoms with Crippen molar-refractivity contribution in [1.82, 2.24) is 10.6 Å². The Morgan fingerprint density at radius 3 is 1.31 bits per heavy atom. The average Bonchev–Trinajstić information content (AvgIpc) is 2.91. The van der Waals surface area contributed by atoms with Crippen molar-refractivity contribution in [3.8, 4) is 11.5 Å². The Morgan fingerprint density at radius 2 is 0.944 bits per heavy atom. The molecule has 0 heterocycles. The summed E-state index contributed by atoms with van der Waals surface area (Å²) >= 11 is 0.